The molecule has 1 aromatic carbocycles. The highest BCUT2D eigenvalue weighted by molar-refractivity contribution is 7.11. The lowest BCUT2D eigenvalue weighted by molar-refractivity contribution is 0.274. The van der Waals surface area contributed by atoms with Gasteiger partial charge in [-0.15, -0.1) is 11.3 Å². The van der Waals surface area contributed by atoms with Gasteiger partial charge in [0.2, 0.25) is 0 Å². The Balaban J connectivity index is 2.16. The zero-order valence-corrected chi connectivity index (χ0v) is 11.4. The maximum absolute atomic E-state index is 9.13. The van der Waals surface area contributed by atoms with E-state index < -0.39 is 0 Å². The SMILES string of the molecule is COc1ccccc1Cc1ncc(C(C)CO)s1. The van der Waals surface area contributed by atoms with E-state index in [1.165, 1.54) is 0 Å². The first kappa shape index (κ1) is 13.1. The monoisotopic (exact) mass is 263 g/mol. The van der Waals surface area contributed by atoms with Crippen molar-refractivity contribution in [2.75, 3.05) is 13.7 Å². The number of aliphatic hydroxyl groups excluding tert-OH is 1. The van der Waals surface area contributed by atoms with Crippen LogP contribution in [0.2, 0.25) is 0 Å². The van der Waals surface area contributed by atoms with Crippen LogP contribution in [-0.2, 0) is 6.42 Å². The van der Waals surface area contributed by atoms with Crippen molar-refractivity contribution in [3.8, 4) is 5.75 Å². The zero-order chi connectivity index (χ0) is 13.0. The summed E-state index contributed by atoms with van der Waals surface area (Å²) in [6.45, 7) is 2.16. The topological polar surface area (TPSA) is 42.4 Å². The van der Waals surface area contributed by atoms with Crippen molar-refractivity contribution in [2.24, 2.45) is 0 Å². The molecule has 0 aliphatic rings. The molecule has 1 aromatic heterocycles. The van der Waals surface area contributed by atoms with Crippen LogP contribution < -0.4 is 4.74 Å². The molecule has 0 aliphatic heterocycles. The Bertz CT molecular complexity index is 510. The molecule has 1 unspecified atom stereocenters. The van der Waals surface area contributed by atoms with Crippen LogP contribution in [0, 0.1) is 0 Å². The number of para-hydroxylation sites is 1. The summed E-state index contributed by atoms with van der Waals surface area (Å²) in [5.41, 5.74) is 1.14. The Hall–Kier alpha value is -1.39. The summed E-state index contributed by atoms with van der Waals surface area (Å²) in [4.78, 5) is 5.53. The van der Waals surface area contributed by atoms with Gasteiger partial charge in [0.15, 0.2) is 0 Å². The van der Waals surface area contributed by atoms with Gasteiger partial charge >= 0.3 is 0 Å². The van der Waals surface area contributed by atoms with E-state index in [1.807, 2.05) is 31.3 Å². The van der Waals surface area contributed by atoms with E-state index in [0.717, 1.165) is 27.6 Å². The third-order valence-corrected chi connectivity index (χ3v) is 4.09. The summed E-state index contributed by atoms with van der Waals surface area (Å²) in [7, 11) is 1.68. The van der Waals surface area contributed by atoms with Crippen LogP contribution in [0.25, 0.3) is 0 Å². The van der Waals surface area contributed by atoms with Crippen molar-refractivity contribution < 1.29 is 9.84 Å². The Morgan fingerprint density at radius 1 is 1.39 bits per heavy atom. The molecule has 0 amide bonds. The Morgan fingerprint density at radius 2 is 2.17 bits per heavy atom. The molecule has 1 atom stereocenters. The fourth-order valence-corrected chi connectivity index (χ4v) is 2.72. The molecule has 1 N–H and O–H groups in total. The number of aliphatic hydroxyl groups is 1. The molecule has 1 heterocycles. The van der Waals surface area contributed by atoms with E-state index >= 15 is 0 Å². The number of hydrogen-bond donors (Lipinski definition) is 1. The second-order valence-corrected chi connectivity index (χ2v) is 5.38. The van der Waals surface area contributed by atoms with Crippen molar-refractivity contribution in [3.63, 3.8) is 0 Å². The number of aromatic nitrogens is 1. The number of methoxy groups -OCH3 is 1. The van der Waals surface area contributed by atoms with E-state index in [9.17, 15) is 0 Å². The summed E-state index contributed by atoms with van der Waals surface area (Å²) in [6, 6.07) is 7.97. The number of rotatable bonds is 5. The van der Waals surface area contributed by atoms with Crippen molar-refractivity contribution in [2.45, 2.75) is 19.3 Å². The standard InChI is InChI=1S/C14H17NO2S/c1-10(9-16)13-8-15-14(18-13)7-11-5-3-4-6-12(11)17-2/h3-6,8,10,16H,7,9H2,1-2H3. The van der Waals surface area contributed by atoms with E-state index in [0.29, 0.717) is 0 Å². The third kappa shape index (κ3) is 2.89. The summed E-state index contributed by atoms with van der Waals surface area (Å²) >= 11 is 1.65. The number of nitrogens with zero attached hydrogens (tertiary/aromatic N) is 1. The average molecular weight is 263 g/mol. The van der Waals surface area contributed by atoms with Crippen molar-refractivity contribution in [3.05, 3.63) is 45.9 Å². The first-order valence-corrected chi connectivity index (χ1v) is 6.73. The molecular weight excluding hydrogens is 246 g/mol. The van der Waals surface area contributed by atoms with Crippen molar-refractivity contribution >= 4 is 11.3 Å². The van der Waals surface area contributed by atoms with E-state index in [2.05, 4.69) is 11.1 Å². The predicted octanol–water partition coefficient (Wildman–Crippen LogP) is 2.84. The maximum Gasteiger partial charge on any atom is 0.122 e. The smallest absolute Gasteiger partial charge is 0.122 e. The fraction of sp³-hybridized carbons (Fsp3) is 0.357. The number of benzene rings is 1. The van der Waals surface area contributed by atoms with E-state index in [1.54, 1.807) is 18.4 Å². The number of thiazole rings is 1. The van der Waals surface area contributed by atoms with Crippen molar-refractivity contribution in [1.82, 2.24) is 4.98 Å². The van der Waals surface area contributed by atoms with Crippen LogP contribution in [-0.4, -0.2) is 23.8 Å². The van der Waals surface area contributed by atoms with Crippen LogP contribution >= 0.6 is 11.3 Å². The van der Waals surface area contributed by atoms with Gasteiger partial charge in [0.1, 0.15) is 5.75 Å². The molecule has 0 radical (unpaired) electrons. The van der Waals surface area contributed by atoms with Gasteiger partial charge in [-0.2, -0.15) is 0 Å². The highest BCUT2D eigenvalue weighted by Crippen LogP contribution is 2.26. The summed E-state index contributed by atoms with van der Waals surface area (Å²) < 4.78 is 5.33. The Kier molecular flexibility index (Phi) is 4.33. The molecule has 0 saturated heterocycles. The molecule has 2 rings (SSSR count). The predicted molar refractivity (Wildman–Crippen MR) is 73.4 cm³/mol. The quantitative estimate of drug-likeness (QED) is 0.902. The largest absolute Gasteiger partial charge is 0.496 e. The number of hydrogen-bond acceptors (Lipinski definition) is 4. The minimum absolute atomic E-state index is 0.161. The van der Waals surface area contributed by atoms with Crippen LogP contribution in [0.3, 0.4) is 0 Å². The molecule has 96 valence electrons. The van der Waals surface area contributed by atoms with Gasteiger partial charge in [-0.1, -0.05) is 25.1 Å². The molecule has 0 fully saturated rings. The van der Waals surface area contributed by atoms with Crippen LogP contribution in [0.4, 0.5) is 0 Å². The van der Waals surface area contributed by atoms with Gasteiger partial charge in [0, 0.05) is 29.0 Å². The molecule has 2 aromatic rings. The van der Waals surface area contributed by atoms with E-state index in [-0.39, 0.29) is 12.5 Å². The summed E-state index contributed by atoms with van der Waals surface area (Å²) in [6.07, 6.45) is 2.63. The average Bonchev–Trinajstić information content (AvgIpc) is 2.87. The Labute approximate surface area is 111 Å². The lowest BCUT2D eigenvalue weighted by Gasteiger charge is -2.06. The fourth-order valence-electron chi connectivity index (χ4n) is 1.74. The second kappa shape index (κ2) is 5.98. The molecular formula is C14H17NO2S. The van der Waals surface area contributed by atoms with Gasteiger partial charge in [-0.3, -0.25) is 0 Å². The molecule has 3 nitrogen and oxygen atoms in total. The normalized spacial score (nSPS) is 12.4. The second-order valence-electron chi connectivity index (χ2n) is 4.23. The molecule has 0 saturated carbocycles. The Morgan fingerprint density at radius 3 is 2.89 bits per heavy atom. The molecule has 0 spiro atoms. The molecule has 4 heteroatoms. The zero-order valence-electron chi connectivity index (χ0n) is 10.6. The third-order valence-electron chi connectivity index (χ3n) is 2.87. The van der Waals surface area contributed by atoms with Gasteiger partial charge in [-0.05, 0) is 6.07 Å². The van der Waals surface area contributed by atoms with Crippen molar-refractivity contribution in [1.29, 1.82) is 0 Å². The van der Waals surface area contributed by atoms with E-state index in [4.69, 9.17) is 9.84 Å². The van der Waals surface area contributed by atoms with Crippen LogP contribution in [0.5, 0.6) is 5.75 Å². The maximum atomic E-state index is 9.13. The minimum atomic E-state index is 0.161. The molecule has 18 heavy (non-hydrogen) atoms. The lowest BCUT2D eigenvalue weighted by atomic mass is 10.1. The van der Waals surface area contributed by atoms with Crippen LogP contribution in [0.15, 0.2) is 30.5 Å². The minimum Gasteiger partial charge on any atom is -0.496 e. The molecule has 0 aliphatic carbocycles. The van der Waals surface area contributed by atoms with Crippen LogP contribution in [0.1, 0.15) is 28.3 Å². The van der Waals surface area contributed by atoms with Gasteiger partial charge in [0.25, 0.3) is 0 Å². The summed E-state index contributed by atoms with van der Waals surface area (Å²) in [5.74, 6) is 1.05. The van der Waals surface area contributed by atoms with Gasteiger partial charge in [-0.25, -0.2) is 4.98 Å². The first-order valence-electron chi connectivity index (χ1n) is 5.92. The number of ether oxygens (including phenoxy) is 1. The van der Waals surface area contributed by atoms with Gasteiger partial charge in [0.05, 0.1) is 18.7 Å². The van der Waals surface area contributed by atoms with Gasteiger partial charge < -0.3 is 9.84 Å². The molecule has 0 bridgehead atoms. The lowest BCUT2D eigenvalue weighted by Crippen LogP contribution is -1.95. The summed E-state index contributed by atoms with van der Waals surface area (Å²) in [5, 5.41) is 10.2. The highest BCUT2D eigenvalue weighted by Gasteiger charge is 2.10. The first-order chi connectivity index (χ1) is 8.74. The highest BCUT2D eigenvalue weighted by atomic mass is 32.1.